The monoisotopic (exact) mass is 506 g/mol. The van der Waals surface area contributed by atoms with E-state index in [0.717, 1.165) is 57.8 Å². The van der Waals surface area contributed by atoms with Gasteiger partial charge in [0.05, 0.1) is 6.10 Å². The third-order valence-corrected chi connectivity index (χ3v) is 6.67. The molecule has 4 nitrogen and oxygen atoms in total. The number of carboxylic acid groups (broad SMARTS) is 1. The van der Waals surface area contributed by atoms with E-state index in [1.54, 1.807) is 0 Å². The van der Waals surface area contributed by atoms with E-state index in [0.29, 0.717) is 12.8 Å². The lowest BCUT2D eigenvalue weighted by atomic mass is 10.0. The number of hydrogen-bond donors (Lipinski definition) is 1. The smallest absolute Gasteiger partial charge is 0.306 e. The second kappa shape index (κ2) is 28.0. The van der Waals surface area contributed by atoms with Crippen LogP contribution < -0.4 is 0 Å². The molecular weight excluding hydrogens is 448 g/mol. The van der Waals surface area contributed by atoms with E-state index in [4.69, 9.17) is 9.84 Å². The number of ether oxygens (including phenoxy) is 1. The van der Waals surface area contributed by atoms with Gasteiger partial charge in [0, 0.05) is 12.8 Å². The van der Waals surface area contributed by atoms with E-state index in [2.05, 4.69) is 31.2 Å². The molecule has 0 saturated heterocycles. The van der Waals surface area contributed by atoms with Gasteiger partial charge in [-0.2, -0.15) is 0 Å². The Kier molecular flexibility index (Phi) is 26.8. The maximum absolute atomic E-state index is 12.0. The van der Waals surface area contributed by atoms with Gasteiger partial charge in [0.15, 0.2) is 0 Å². The number of rotatable bonds is 27. The van der Waals surface area contributed by atoms with Crippen molar-refractivity contribution in [1.82, 2.24) is 0 Å². The van der Waals surface area contributed by atoms with Gasteiger partial charge in [0.2, 0.25) is 0 Å². The van der Waals surface area contributed by atoms with Crippen LogP contribution in [-0.2, 0) is 14.3 Å². The predicted octanol–water partition coefficient (Wildman–Crippen LogP) is 10.1. The number of carbonyl (C=O) groups is 2. The maximum atomic E-state index is 12.0. The normalized spacial score (nSPS) is 12.5. The van der Waals surface area contributed by atoms with Crippen LogP contribution in [0.15, 0.2) is 24.3 Å². The molecule has 0 spiro atoms. The summed E-state index contributed by atoms with van der Waals surface area (Å²) in [6.45, 7) is 4.26. The van der Waals surface area contributed by atoms with Crippen LogP contribution in [0.25, 0.3) is 0 Å². The lowest BCUT2D eigenvalue weighted by molar-refractivity contribution is -0.148. The summed E-state index contributed by atoms with van der Waals surface area (Å²) in [6, 6.07) is 0. The van der Waals surface area contributed by atoms with Crippen LogP contribution in [0.3, 0.4) is 0 Å². The van der Waals surface area contributed by atoms with Gasteiger partial charge in [0.1, 0.15) is 0 Å². The Morgan fingerprint density at radius 2 is 1.11 bits per heavy atom. The summed E-state index contributed by atoms with van der Waals surface area (Å²) in [5, 5.41) is 8.62. The van der Waals surface area contributed by atoms with E-state index in [1.807, 2.05) is 6.92 Å². The molecule has 0 radical (unpaired) electrons. The fourth-order valence-electron chi connectivity index (χ4n) is 4.37. The van der Waals surface area contributed by atoms with Crippen molar-refractivity contribution in [3.63, 3.8) is 0 Å². The molecule has 0 amide bonds. The Balaban J connectivity index is 3.39. The maximum Gasteiger partial charge on any atom is 0.306 e. The zero-order valence-corrected chi connectivity index (χ0v) is 23.8. The molecule has 0 heterocycles. The zero-order chi connectivity index (χ0) is 26.5. The summed E-state index contributed by atoms with van der Waals surface area (Å²) in [6.07, 6.45) is 34.4. The van der Waals surface area contributed by atoms with E-state index in [-0.39, 0.29) is 12.1 Å². The molecule has 1 unspecified atom stereocenters. The van der Waals surface area contributed by atoms with Gasteiger partial charge in [0.25, 0.3) is 0 Å². The molecule has 36 heavy (non-hydrogen) atoms. The number of esters is 1. The minimum absolute atomic E-state index is 0.0314. The summed E-state index contributed by atoms with van der Waals surface area (Å²) in [4.78, 5) is 22.5. The summed E-state index contributed by atoms with van der Waals surface area (Å²) < 4.78 is 5.57. The molecule has 1 N–H and O–H groups in total. The molecule has 0 aliphatic heterocycles. The molecule has 1 atom stereocenters. The van der Waals surface area contributed by atoms with E-state index >= 15 is 0 Å². The molecule has 0 aromatic heterocycles. The summed E-state index contributed by atoms with van der Waals surface area (Å²) in [5.41, 5.74) is 0. The number of allylic oxidation sites excluding steroid dienone is 4. The molecule has 0 rings (SSSR count). The molecular formula is C32H58O4. The molecule has 0 aromatic rings. The minimum Gasteiger partial charge on any atom is -0.481 e. The third-order valence-electron chi connectivity index (χ3n) is 6.67. The van der Waals surface area contributed by atoms with Gasteiger partial charge in [-0.1, -0.05) is 108 Å². The molecule has 0 saturated carbocycles. The Labute approximate surface area is 223 Å². The average Bonchev–Trinajstić information content (AvgIpc) is 2.84. The van der Waals surface area contributed by atoms with Crippen LogP contribution in [0.2, 0.25) is 0 Å². The Morgan fingerprint density at radius 1 is 0.639 bits per heavy atom. The number of carbonyl (C=O) groups excluding carboxylic acids is 1. The second-order valence-electron chi connectivity index (χ2n) is 10.4. The van der Waals surface area contributed by atoms with Crippen LogP contribution in [0.1, 0.15) is 162 Å². The Hall–Kier alpha value is -1.58. The number of unbranched alkanes of at least 4 members (excludes halogenated alkanes) is 16. The molecule has 4 heteroatoms. The van der Waals surface area contributed by atoms with Crippen molar-refractivity contribution in [3.05, 3.63) is 24.3 Å². The fourth-order valence-corrected chi connectivity index (χ4v) is 4.37. The average molecular weight is 507 g/mol. The summed E-state index contributed by atoms with van der Waals surface area (Å²) >= 11 is 0. The molecule has 0 bridgehead atoms. The largest absolute Gasteiger partial charge is 0.481 e. The van der Waals surface area contributed by atoms with Crippen molar-refractivity contribution in [2.45, 2.75) is 168 Å². The van der Waals surface area contributed by atoms with E-state index in [9.17, 15) is 9.59 Å². The zero-order valence-electron chi connectivity index (χ0n) is 23.8. The van der Waals surface area contributed by atoms with Crippen LogP contribution >= 0.6 is 0 Å². The highest BCUT2D eigenvalue weighted by Gasteiger charge is 2.09. The van der Waals surface area contributed by atoms with Crippen molar-refractivity contribution in [2.24, 2.45) is 0 Å². The van der Waals surface area contributed by atoms with Gasteiger partial charge in [-0.15, -0.1) is 0 Å². The first-order chi connectivity index (χ1) is 17.6. The lowest BCUT2D eigenvalue weighted by Gasteiger charge is -2.13. The minimum atomic E-state index is -0.684. The molecule has 210 valence electrons. The first-order valence-corrected chi connectivity index (χ1v) is 15.3. The third kappa shape index (κ3) is 28.7. The first kappa shape index (κ1) is 34.4. The number of hydrogen-bond acceptors (Lipinski definition) is 3. The summed E-state index contributed by atoms with van der Waals surface area (Å²) in [7, 11) is 0. The van der Waals surface area contributed by atoms with Crippen molar-refractivity contribution >= 4 is 11.9 Å². The van der Waals surface area contributed by atoms with E-state index < -0.39 is 5.97 Å². The number of aliphatic carboxylic acids is 1. The van der Waals surface area contributed by atoms with Crippen molar-refractivity contribution in [3.8, 4) is 0 Å². The van der Waals surface area contributed by atoms with Gasteiger partial charge in [-0.05, 0) is 64.7 Å². The van der Waals surface area contributed by atoms with Gasteiger partial charge < -0.3 is 9.84 Å². The standard InChI is InChI=1S/C32H58O4/c1-3-4-5-6-7-8-9-10-11-12-13-17-20-23-26-29-32(35)36-30(2)27-24-21-18-15-14-16-19-22-25-28-31(33)34/h7-8,10-11,30H,3-6,9,12-29H2,1-2H3,(H,33,34)/b8-7-,11-10-. The topological polar surface area (TPSA) is 63.6 Å². The molecule has 0 aliphatic rings. The fraction of sp³-hybridized carbons (Fsp3) is 0.812. The second-order valence-corrected chi connectivity index (χ2v) is 10.4. The van der Waals surface area contributed by atoms with Crippen LogP contribution in [0.4, 0.5) is 0 Å². The van der Waals surface area contributed by atoms with Crippen molar-refractivity contribution in [2.75, 3.05) is 0 Å². The van der Waals surface area contributed by atoms with Crippen molar-refractivity contribution in [1.29, 1.82) is 0 Å². The highest BCUT2D eigenvalue weighted by Crippen LogP contribution is 2.14. The highest BCUT2D eigenvalue weighted by atomic mass is 16.5. The van der Waals surface area contributed by atoms with Gasteiger partial charge >= 0.3 is 11.9 Å². The Morgan fingerprint density at radius 3 is 1.67 bits per heavy atom. The summed E-state index contributed by atoms with van der Waals surface area (Å²) in [5.74, 6) is -0.715. The van der Waals surface area contributed by atoms with Crippen LogP contribution in [-0.4, -0.2) is 23.1 Å². The van der Waals surface area contributed by atoms with Gasteiger partial charge in [-0.25, -0.2) is 0 Å². The Bertz CT molecular complexity index is 552. The first-order valence-electron chi connectivity index (χ1n) is 15.3. The van der Waals surface area contributed by atoms with E-state index in [1.165, 1.54) is 77.0 Å². The SMILES string of the molecule is CCCCC/C=C\C/C=C\CCCCCCCC(=O)OC(C)CCCCCCCCCCCC(=O)O. The molecule has 0 fully saturated rings. The lowest BCUT2D eigenvalue weighted by Crippen LogP contribution is -2.14. The molecule has 0 aromatic carbocycles. The quantitative estimate of drug-likeness (QED) is 0.0683. The number of carboxylic acids is 1. The van der Waals surface area contributed by atoms with Crippen LogP contribution in [0.5, 0.6) is 0 Å². The highest BCUT2D eigenvalue weighted by molar-refractivity contribution is 5.69. The predicted molar refractivity (Wildman–Crippen MR) is 153 cm³/mol. The van der Waals surface area contributed by atoms with Crippen LogP contribution in [0, 0.1) is 0 Å². The van der Waals surface area contributed by atoms with Crippen molar-refractivity contribution < 1.29 is 19.4 Å². The molecule has 0 aliphatic carbocycles. The van der Waals surface area contributed by atoms with Gasteiger partial charge in [-0.3, -0.25) is 9.59 Å².